The predicted octanol–water partition coefficient (Wildman–Crippen LogP) is 5.83. The van der Waals surface area contributed by atoms with E-state index in [1.54, 1.807) is 43.6 Å². The monoisotopic (exact) mass is 528 g/mol. The van der Waals surface area contributed by atoms with Crippen LogP contribution in [0.4, 0.5) is 14.5 Å². The average Bonchev–Trinajstić information content (AvgIpc) is 2.95. The summed E-state index contributed by atoms with van der Waals surface area (Å²) in [5.41, 5.74) is 11.6. The third-order valence-corrected chi connectivity index (χ3v) is 7.18. The van der Waals surface area contributed by atoms with Gasteiger partial charge in [-0.05, 0) is 110 Å². The number of pyridine rings is 1. The Morgan fingerprint density at radius 2 is 1.95 bits per heavy atom. The highest BCUT2D eigenvalue weighted by Gasteiger charge is 2.42. The summed E-state index contributed by atoms with van der Waals surface area (Å²) in [4.78, 5) is 9.39. The first kappa shape index (κ1) is 28.1. The topological polar surface area (TPSA) is 83.5 Å². The molecular weight excluding hydrogens is 494 g/mol. The Kier molecular flexibility index (Phi) is 9.17. The quantitative estimate of drug-likeness (QED) is 0.289. The van der Waals surface area contributed by atoms with Gasteiger partial charge in [-0.3, -0.25) is 4.98 Å². The van der Waals surface area contributed by atoms with E-state index in [1.807, 2.05) is 30.3 Å². The molecule has 0 saturated heterocycles. The van der Waals surface area contributed by atoms with E-state index in [9.17, 15) is 13.9 Å². The summed E-state index contributed by atoms with van der Waals surface area (Å²) in [7, 11) is 0. The number of aliphatic imine (C=N–C) groups is 1. The van der Waals surface area contributed by atoms with Crippen molar-refractivity contribution in [1.29, 1.82) is 0 Å². The maximum absolute atomic E-state index is 14.7. The number of aliphatic hydroxyl groups is 1. The smallest absolute Gasteiger partial charge is 0.126 e. The second-order valence-electron chi connectivity index (χ2n) is 9.77. The van der Waals surface area contributed by atoms with Crippen molar-refractivity contribution in [1.82, 2.24) is 10.3 Å². The van der Waals surface area contributed by atoms with E-state index in [0.29, 0.717) is 49.3 Å². The maximum Gasteiger partial charge on any atom is 0.126 e. The van der Waals surface area contributed by atoms with Crippen LogP contribution in [0.1, 0.15) is 29.7 Å². The largest absolute Gasteiger partial charge is 0.404 e. The SMILES string of the molecule is C=C(c1ccccn1)C1(Cc2ccc(C)c(F)c2)CC(=CN)C(=Nc2ccc(F)cc2)C=C1CCNCCO. The van der Waals surface area contributed by atoms with Gasteiger partial charge in [0.2, 0.25) is 0 Å². The number of hydrogen-bond donors (Lipinski definition) is 3. The Morgan fingerprint density at radius 1 is 1.15 bits per heavy atom. The number of nitrogens with two attached hydrogens (primary N) is 1. The number of aliphatic hydroxyl groups excluding tert-OH is 1. The van der Waals surface area contributed by atoms with Crippen LogP contribution in [-0.4, -0.2) is 35.5 Å². The molecule has 39 heavy (non-hydrogen) atoms. The van der Waals surface area contributed by atoms with Gasteiger partial charge >= 0.3 is 0 Å². The summed E-state index contributed by atoms with van der Waals surface area (Å²) in [6.45, 7) is 7.38. The molecule has 1 heterocycles. The highest BCUT2D eigenvalue weighted by atomic mass is 19.1. The van der Waals surface area contributed by atoms with Crippen LogP contribution in [0.3, 0.4) is 0 Å². The van der Waals surface area contributed by atoms with Gasteiger partial charge in [0.25, 0.3) is 0 Å². The molecule has 1 atom stereocenters. The molecule has 2 aromatic carbocycles. The molecule has 202 valence electrons. The molecule has 7 heteroatoms. The molecule has 0 bridgehead atoms. The summed E-state index contributed by atoms with van der Waals surface area (Å²) in [5, 5.41) is 12.5. The van der Waals surface area contributed by atoms with Gasteiger partial charge in [0.05, 0.1) is 23.7 Å². The van der Waals surface area contributed by atoms with E-state index in [2.05, 4.69) is 16.9 Å². The summed E-state index contributed by atoms with van der Waals surface area (Å²) in [6.07, 6.45) is 6.88. The van der Waals surface area contributed by atoms with Crippen LogP contribution in [0.25, 0.3) is 5.57 Å². The molecule has 0 aliphatic heterocycles. The number of allylic oxidation sites excluding steroid dienone is 3. The molecule has 0 amide bonds. The van der Waals surface area contributed by atoms with Crippen molar-refractivity contribution in [2.24, 2.45) is 16.1 Å². The van der Waals surface area contributed by atoms with Gasteiger partial charge in [-0.15, -0.1) is 0 Å². The number of benzene rings is 2. The molecule has 0 radical (unpaired) electrons. The second kappa shape index (κ2) is 12.7. The van der Waals surface area contributed by atoms with Crippen molar-refractivity contribution in [2.45, 2.75) is 26.2 Å². The molecule has 4 N–H and O–H groups in total. The first-order valence-electron chi connectivity index (χ1n) is 13.0. The van der Waals surface area contributed by atoms with Crippen molar-refractivity contribution >= 4 is 17.0 Å². The molecule has 3 aromatic rings. The molecule has 0 spiro atoms. The zero-order valence-corrected chi connectivity index (χ0v) is 22.1. The van der Waals surface area contributed by atoms with Crippen LogP contribution in [0.15, 0.2) is 102 Å². The molecule has 1 unspecified atom stereocenters. The molecule has 1 aliphatic carbocycles. The lowest BCUT2D eigenvalue weighted by atomic mass is 9.61. The van der Waals surface area contributed by atoms with Gasteiger partial charge in [-0.2, -0.15) is 0 Å². The zero-order chi connectivity index (χ0) is 27.8. The van der Waals surface area contributed by atoms with Crippen LogP contribution < -0.4 is 11.1 Å². The van der Waals surface area contributed by atoms with Crippen molar-refractivity contribution in [3.05, 3.63) is 125 Å². The Morgan fingerprint density at radius 3 is 2.62 bits per heavy atom. The van der Waals surface area contributed by atoms with Crippen molar-refractivity contribution in [3.8, 4) is 0 Å². The fourth-order valence-corrected chi connectivity index (χ4v) is 5.03. The third-order valence-electron chi connectivity index (χ3n) is 7.18. The maximum atomic E-state index is 14.7. The summed E-state index contributed by atoms with van der Waals surface area (Å²) in [6, 6.07) is 17.0. The van der Waals surface area contributed by atoms with Gasteiger partial charge < -0.3 is 16.2 Å². The van der Waals surface area contributed by atoms with E-state index in [-0.39, 0.29) is 18.2 Å². The molecule has 4 rings (SSSR count). The molecule has 0 saturated carbocycles. The fraction of sp³-hybridized carbons (Fsp3) is 0.250. The predicted molar refractivity (Wildman–Crippen MR) is 154 cm³/mol. The highest BCUT2D eigenvalue weighted by Crippen LogP contribution is 2.51. The van der Waals surface area contributed by atoms with Crippen LogP contribution in [0.2, 0.25) is 0 Å². The lowest BCUT2D eigenvalue weighted by Crippen LogP contribution is -2.35. The van der Waals surface area contributed by atoms with Gasteiger partial charge in [-0.1, -0.05) is 30.4 Å². The van der Waals surface area contributed by atoms with E-state index in [1.165, 1.54) is 12.1 Å². The van der Waals surface area contributed by atoms with Crippen LogP contribution in [-0.2, 0) is 6.42 Å². The highest BCUT2D eigenvalue weighted by molar-refractivity contribution is 6.11. The number of rotatable bonds is 10. The zero-order valence-electron chi connectivity index (χ0n) is 22.1. The molecule has 5 nitrogen and oxygen atoms in total. The van der Waals surface area contributed by atoms with Crippen molar-refractivity contribution in [3.63, 3.8) is 0 Å². The Balaban J connectivity index is 1.88. The first-order chi connectivity index (χ1) is 18.9. The standard InChI is InChI=1S/C32H34F2N4O/c1-22-6-7-24(17-29(22)34)19-32(23(2)30-5-3-4-13-37-30)20-25(21-35)31(18-26(32)12-14-36-15-16-39)38-28-10-8-27(33)9-11-28/h3-11,13,17-18,21,36,39H,2,12,14-16,19-20,35H2,1H3. The lowest BCUT2D eigenvalue weighted by molar-refractivity contribution is 0.292. The van der Waals surface area contributed by atoms with Crippen LogP contribution in [0, 0.1) is 24.0 Å². The van der Waals surface area contributed by atoms with Gasteiger partial charge in [0.15, 0.2) is 0 Å². The minimum absolute atomic E-state index is 0.0326. The minimum Gasteiger partial charge on any atom is -0.404 e. The van der Waals surface area contributed by atoms with E-state index >= 15 is 0 Å². The first-order valence-corrected chi connectivity index (χ1v) is 13.0. The van der Waals surface area contributed by atoms with Crippen LogP contribution in [0.5, 0.6) is 0 Å². The number of hydrogen-bond acceptors (Lipinski definition) is 5. The second-order valence-corrected chi connectivity index (χ2v) is 9.77. The van der Waals surface area contributed by atoms with Gasteiger partial charge in [0, 0.05) is 18.2 Å². The average molecular weight is 529 g/mol. The van der Waals surface area contributed by atoms with Crippen molar-refractivity contribution < 1.29 is 13.9 Å². The number of aromatic nitrogens is 1. The Bertz CT molecular complexity index is 1400. The molecular formula is C32H34F2N4O. The van der Waals surface area contributed by atoms with E-state index < -0.39 is 5.41 Å². The fourth-order valence-electron chi connectivity index (χ4n) is 5.03. The minimum atomic E-state index is -0.663. The van der Waals surface area contributed by atoms with Gasteiger partial charge in [0.1, 0.15) is 11.6 Å². The van der Waals surface area contributed by atoms with E-state index in [4.69, 9.17) is 10.7 Å². The molecule has 0 fully saturated rings. The third kappa shape index (κ3) is 6.56. The summed E-state index contributed by atoms with van der Waals surface area (Å²) >= 11 is 0. The number of nitrogens with zero attached hydrogens (tertiary/aromatic N) is 2. The molecule has 1 aromatic heterocycles. The number of aryl methyl sites for hydroxylation is 1. The van der Waals surface area contributed by atoms with Crippen molar-refractivity contribution in [2.75, 3.05) is 19.7 Å². The summed E-state index contributed by atoms with van der Waals surface area (Å²) in [5.74, 6) is -0.593. The molecule has 1 aliphatic rings. The number of halogens is 2. The normalized spacial score (nSPS) is 19.3. The van der Waals surface area contributed by atoms with Gasteiger partial charge in [-0.25, -0.2) is 13.8 Å². The van der Waals surface area contributed by atoms with Crippen LogP contribution >= 0.6 is 0 Å². The summed E-state index contributed by atoms with van der Waals surface area (Å²) < 4.78 is 28.2. The Labute approximate surface area is 228 Å². The number of nitrogens with one attached hydrogen (secondary N) is 1. The van der Waals surface area contributed by atoms with E-state index in [0.717, 1.165) is 28.0 Å². The lowest BCUT2D eigenvalue weighted by Gasteiger charge is -2.42. The Hall–Kier alpha value is -3.94.